The standard InChI is InChI=1S/C17H19N3O4/c1-12-4-5-14(13(2)8-12)9-18(3)17(22)11-19-10-15(20(23)24)6-7-16(19)21/h4-8,10H,9,11H2,1-3H3. The number of carbonyl (C=O) groups is 1. The van der Waals surface area contributed by atoms with E-state index in [1.807, 2.05) is 32.0 Å². The van der Waals surface area contributed by atoms with Crippen LogP contribution in [0.25, 0.3) is 0 Å². The Morgan fingerprint density at radius 3 is 2.58 bits per heavy atom. The van der Waals surface area contributed by atoms with Gasteiger partial charge in [-0.05, 0) is 25.0 Å². The van der Waals surface area contributed by atoms with E-state index >= 15 is 0 Å². The maximum Gasteiger partial charge on any atom is 0.285 e. The molecule has 0 N–H and O–H groups in total. The molecule has 0 atom stereocenters. The summed E-state index contributed by atoms with van der Waals surface area (Å²) in [5, 5.41) is 10.8. The number of rotatable bonds is 5. The molecule has 1 heterocycles. The minimum atomic E-state index is -0.597. The van der Waals surface area contributed by atoms with Crippen LogP contribution < -0.4 is 5.56 Å². The van der Waals surface area contributed by atoms with Gasteiger partial charge < -0.3 is 4.90 Å². The summed E-state index contributed by atoms with van der Waals surface area (Å²) in [7, 11) is 1.64. The van der Waals surface area contributed by atoms with Crippen LogP contribution in [0.15, 0.2) is 41.3 Å². The first-order valence-electron chi connectivity index (χ1n) is 7.43. The van der Waals surface area contributed by atoms with Crippen molar-refractivity contribution in [2.75, 3.05) is 7.05 Å². The van der Waals surface area contributed by atoms with Crippen molar-refractivity contribution in [1.29, 1.82) is 0 Å². The predicted molar refractivity (Wildman–Crippen MR) is 89.7 cm³/mol. The fourth-order valence-electron chi connectivity index (χ4n) is 2.38. The molecule has 126 valence electrons. The molecular formula is C17H19N3O4. The summed E-state index contributed by atoms with van der Waals surface area (Å²) >= 11 is 0. The second kappa shape index (κ2) is 7.08. The van der Waals surface area contributed by atoms with Gasteiger partial charge in [-0.2, -0.15) is 0 Å². The monoisotopic (exact) mass is 329 g/mol. The molecule has 1 amide bonds. The van der Waals surface area contributed by atoms with Crippen molar-refractivity contribution in [3.8, 4) is 0 Å². The number of nitrogens with zero attached hydrogens (tertiary/aromatic N) is 3. The zero-order valence-electron chi connectivity index (χ0n) is 13.9. The molecule has 0 aliphatic rings. The van der Waals surface area contributed by atoms with E-state index in [0.717, 1.165) is 39.6 Å². The molecule has 0 aliphatic carbocycles. The molecule has 2 aromatic rings. The van der Waals surface area contributed by atoms with Gasteiger partial charge in [0.1, 0.15) is 6.54 Å². The van der Waals surface area contributed by atoms with Crippen LogP contribution in [0.1, 0.15) is 16.7 Å². The first-order valence-corrected chi connectivity index (χ1v) is 7.43. The quantitative estimate of drug-likeness (QED) is 0.620. The van der Waals surface area contributed by atoms with Crippen molar-refractivity contribution in [2.45, 2.75) is 26.9 Å². The van der Waals surface area contributed by atoms with Crippen molar-refractivity contribution in [1.82, 2.24) is 9.47 Å². The molecule has 0 aliphatic heterocycles. The number of aryl methyl sites for hydroxylation is 2. The fourth-order valence-corrected chi connectivity index (χ4v) is 2.38. The number of hydrogen-bond acceptors (Lipinski definition) is 4. The van der Waals surface area contributed by atoms with Crippen molar-refractivity contribution < 1.29 is 9.72 Å². The van der Waals surface area contributed by atoms with E-state index in [2.05, 4.69) is 0 Å². The normalized spacial score (nSPS) is 10.5. The Hall–Kier alpha value is -2.96. The summed E-state index contributed by atoms with van der Waals surface area (Å²) in [4.78, 5) is 35.8. The van der Waals surface area contributed by atoms with E-state index in [1.54, 1.807) is 7.05 Å². The minimum Gasteiger partial charge on any atom is -0.340 e. The zero-order valence-corrected chi connectivity index (χ0v) is 13.9. The molecule has 1 aromatic heterocycles. The molecule has 24 heavy (non-hydrogen) atoms. The van der Waals surface area contributed by atoms with E-state index in [0.29, 0.717) is 6.54 Å². The highest BCUT2D eigenvalue weighted by Gasteiger charge is 2.14. The van der Waals surface area contributed by atoms with Crippen LogP contribution in [0.3, 0.4) is 0 Å². The van der Waals surface area contributed by atoms with Gasteiger partial charge in [-0.25, -0.2) is 0 Å². The van der Waals surface area contributed by atoms with Crippen LogP contribution in [0, 0.1) is 24.0 Å². The van der Waals surface area contributed by atoms with Gasteiger partial charge in [0, 0.05) is 25.7 Å². The average molecular weight is 329 g/mol. The molecular weight excluding hydrogens is 310 g/mol. The lowest BCUT2D eigenvalue weighted by Gasteiger charge is -2.19. The molecule has 0 bridgehead atoms. The molecule has 7 heteroatoms. The lowest BCUT2D eigenvalue weighted by Crippen LogP contribution is -2.33. The van der Waals surface area contributed by atoms with E-state index in [1.165, 1.54) is 4.90 Å². The summed E-state index contributed by atoms with van der Waals surface area (Å²) in [5.74, 6) is -0.294. The lowest BCUT2D eigenvalue weighted by atomic mass is 10.1. The zero-order chi connectivity index (χ0) is 17.9. The third-order valence-corrected chi connectivity index (χ3v) is 3.82. The summed E-state index contributed by atoms with van der Waals surface area (Å²) in [5.41, 5.74) is 2.58. The molecule has 0 radical (unpaired) electrons. The van der Waals surface area contributed by atoms with Crippen LogP contribution in [0.4, 0.5) is 5.69 Å². The molecule has 2 rings (SSSR count). The van der Waals surface area contributed by atoms with Crippen LogP contribution >= 0.6 is 0 Å². The topological polar surface area (TPSA) is 85.4 Å². The first kappa shape index (κ1) is 17.4. The number of hydrogen-bond donors (Lipinski definition) is 0. The maximum atomic E-state index is 12.3. The average Bonchev–Trinajstić information content (AvgIpc) is 2.51. The molecule has 7 nitrogen and oxygen atoms in total. The number of nitro groups is 1. The number of pyridine rings is 1. The van der Waals surface area contributed by atoms with Crippen LogP contribution in [0.2, 0.25) is 0 Å². The molecule has 1 aromatic carbocycles. The van der Waals surface area contributed by atoms with E-state index in [4.69, 9.17) is 0 Å². The van der Waals surface area contributed by atoms with Gasteiger partial charge in [0.2, 0.25) is 5.91 Å². The highest BCUT2D eigenvalue weighted by Crippen LogP contribution is 2.13. The number of likely N-dealkylation sites (N-methyl/N-ethyl adjacent to an activating group) is 1. The smallest absolute Gasteiger partial charge is 0.285 e. The van der Waals surface area contributed by atoms with E-state index in [9.17, 15) is 19.7 Å². The van der Waals surface area contributed by atoms with Gasteiger partial charge in [0.15, 0.2) is 0 Å². The number of amides is 1. The fraction of sp³-hybridized carbons (Fsp3) is 0.294. The molecule has 0 spiro atoms. The first-order chi connectivity index (χ1) is 11.3. The predicted octanol–water partition coefficient (Wildman–Crippen LogP) is 2.03. The Kier molecular flexibility index (Phi) is 5.13. The second-order valence-electron chi connectivity index (χ2n) is 5.79. The Balaban J connectivity index is 2.13. The maximum absolute atomic E-state index is 12.3. The summed E-state index contributed by atoms with van der Waals surface area (Å²) < 4.78 is 1.05. The Labute approximate surface area is 139 Å². The number of benzene rings is 1. The van der Waals surface area contributed by atoms with Gasteiger partial charge in [-0.15, -0.1) is 0 Å². The minimum absolute atomic E-state index is 0.223. The van der Waals surface area contributed by atoms with Crippen LogP contribution in [-0.4, -0.2) is 27.3 Å². The van der Waals surface area contributed by atoms with Gasteiger partial charge >= 0.3 is 0 Å². The Morgan fingerprint density at radius 1 is 1.25 bits per heavy atom. The summed E-state index contributed by atoms with van der Waals surface area (Å²) in [6.45, 7) is 4.16. The van der Waals surface area contributed by atoms with Gasteiger partial charge in [0.25, 0.3) is 11.2 Å². The Bertz CT molecular complexity index is 842. The summed E-state index contributed by atoms with van der Waals surface area (Å²) in [6, 6.07) is 8.20. The van der Waals surface area contributed by atoms with Gasteiger partial charge in [0.05, 0.1) is 11.1 Å². The third kappa shape index (κ3) is 4.07. The highest BCUT2D eigenvalue weighted by molar-refractivity contribution is 5.75. The van der Waals surface area contributed by atoms with Crippen molar-refractivity contribution in [3.63, 3.8) is 0 Å². The Morgan fingerprint density at radius 2 is 1.96 bits per heavy atom. The van der Waals surface area contributed by atoms with Crippen molar-refractivity contribution in [3.05, 3.63) is 73.7 Å². The van der Waals surface area contributed by atoms with Gasteiger partial charge in [-0.1, -0.05) is 23.8 Å². The second-order valence-corrected chi connectivity index (χ2v) is 5.79. The van der Waals surface area contributed by atoms with Crippen molar-refractivity contribution in [2.24, 2.45) is 0 Å². The lowest BCUT2D eigenvalue weighted by molar-refractivity contribution is -0.385. The highest BCUT2D eigenvalue weighted by atomic mass is 16.6. The van der Waals surface area contributed by atoms with Crippen LogP contribution in [-0.2, 0) is 17.9 Å². The molecule has 0 saturated heterocycles. The van der Waals surface area contributed by atoms with Gasteiger partial charge in [-0.3, -0.25) is 24.3 Å². The largest absolute Gasteiger partial charge is 0.340 e. The third-order valence-electron chi connectivity index (χ3n) is 3.82. The van der Waals surface area contributed by atoms with E-state index < -0.39 is 10.5 Å². The van der Waals surface area contributed by atoms with Crippen molar-refractivity contribution >= 4 is 11.6 Å². The van der Waals surface area contributed by atoms with E-state index in [-0.39, 0.29) is 18.1 Å². The SMILES string of the molecule is Cc1ccc(CN(C)C(=O)Cn2cc([N+](=O)[O-])ccc2=O)c(C)c1. The number of carbonyl (C=O) groups excluding carboxylic acids is 1. The molecule has 0 fully saturated rings. The number of aromatic nitrogens is 1. The summed E-state index contributed by atoms with van der Waals surface area (Å²) in [6.07, 6.45) is 1.09. The molecule has 0 unspecified atom stereocenters. The molecule has 0 saturated carbocycles. The van der Waals surface area contributed by atoms with Crippen LogP contribution in [0.5, 0.6) is 0 Å².